The smallest absolute Gasteiger partial charge is 0.271 e. The first-order chi connectivity index (χ1) is 17.8. The van der Waals surface area contributed by atoms with Gasteiger partial charge in [0.15, 0.2) is 16.3 Å². The van der Waals surface area contributed by atoms with Crippen LogP contribution in [0.2, 0.25) is 0 Å². The Morgan fingerprint density at radius 3 is 2.62 bits per heavy atom. The SMILES string of the molecule is COc1cc([C@@H]2C(C(=O)Nc3ccccc3)=C(C)N=c3s/c(=C/c4cnn(C)c4C)c(=O)n32)ccc1O. The van der Waals surface area contributed by atoms with E-state index in [1.165, 1.54) is 29.1 Å². The van der Waals surface area contributed by atoms with Crippen molar-refractivity contribution in [2.24, 2.45) is 12.0 Å². The van der Waals surface area contributed by atoms with Gasteiger partial charge in [-0.2, -0.15) is 5.10 Å². The monoisotopic (exact) mass is 515 g/mol. The van der Waals surface area contributed by atoms with E-state index in [4.69, 9.17) is 4.74 Å². The summed E-state index contributed by atoms with van der Waals surface area (Å²) in [5, 5.41) is 17.4. The van der Waals surface area contributed by atoms with Crippen molar-refractivity contribution in [3.8, 4) is 11.5 Å². The summed E-state index contributed by atoms with van der Waals surface area (Å²) in [6.45, 7) is 3.69. The molecule has 0 bridgehead atoms. The first kappa shape index (κ1) is 24.3. The summed E-state index contributed by atoms with van der Waals surface area (Å²) >= 11 is 1.25. The quantitative estimate of drug-likeness (QED) is 0.425. The van der Waals surface area contributed by atoms with Crippen molar-refractivity contribution in [2.45, 2.75) is 19.9 Å². The van der Waals surface area contributed by atoms with Gasteiger partial charge < -0.3 is 15.2 Å². The summed E-state index contributed by atoms with van der Waals surface area (Å²) in [6, 6.07) is 13.1. The zero-order valence-electron chi connectivity index (χ0n) is 20.7. The number of hydrogen-bond donors (Lipinski definition) is 2. The average Bonchev–Trinajstić information content (AvgIpc) is 3.37. The number of nitrogens with one attached hydrogen (secondary N) is 1. The highest BCUT2D eigenvalue weighted by molar-refractivity contribution is 7.07. The molecule has 1 atom stereocenters. The molecular formula is C27H25N5O4S. The molecule has 3 heterocycles. The van der Waals surface area contributed by atoms with Crippen molar-refractivity contribution in [1.82, 2.24) is 14.3 Å². The minimum atomic E-state index is -0.786. The maximum absolute atomic E-state index is 13.8. The topological polar surface area (TPSA) is 111 Å². The first-order valence-electron chi connectivity index (χ1n) is 11.5. The van der Waals surface area contributed by atoms with Crippen molar-refractivity contribution in [3.63, 3.8) is 0 Å². The number of nitrogens with zero attached hydrogens (tertiary/aromatic N) is 4. The van der Waals surface area contributed by atoms with Crippen LogP contribution < -0.4 is 24.9 Å². The standard InChI is InChI=1S/C27H25N5O4S/c1-15-23(25(34)30-19-8-6-5-7-9-19)24(17-10-11-20(33)21(12-17)36-4)32-26(35)22(37-27(32)29-15)13-18-14-28-31(3)16(18)2/h5-14,24,33H,1-4H3,(H,30,34)/b22-13+/t24-/m1/s1. The summed E-state index contributed by atoms with van der Waals surface area (Å²) in [5.74, 6) is -0.174. The normalized spacial score (nSPS) is 15.4. The lowest BCUT2D eigenvalue weighted by atomic mass is 9.94. The number of methoxy groups -OCH3 is 1. The number of amides is 1. The van der Waals surface area contributed by atoms with E-state index in [0.717, 1.165) is 11.3 Å². The second kappa shape index (κ2) is 9.55. The number of thiazole rings is 1. The number of aromatic nitrogens is 3. The van der Waals surface area contributed by atoms with Crippen LogP contribution in [-0.2, 0) is 11.8 Å². The second-order valence-electron chi connectivity index (χ2n) is 8.64. The Bertz CT molecular complexity index is 1730. The van der Waals surface area contributed by atoms with E-state index in [2.05, 4.69) is 15.4 Å². The van der Waals surface area contributed by atoms with Crippen molar-refractivity contribution in [1.29, 1.82) is 0 Å². The van der Waals surface area contributed by atoms with Gasteiger partial charge in [0.05, 0.1) is 35.2 Å². The van der Waals surface area contributed by atoms with Gasteiger partial charge in [-0.15, -0.1) is 0 Å². The van der Waals surface area contributed by atoms with Gasteiger partial charge in [0.2, 0.25) is 0 Å². The van der Waals surface area contributed by atoms with E-state index >= 15 is 0 Å². The molecule has 0 spiro atoms. The molecule has 0 radical (unpaired) electrons. The fourth-order valence-corrected chi connectivity index (χ4v) is 5.35. The molecule has 0 aliphatic carbocycles. The number of aromatic hydroxyl groups is 1. The van der Waals surface area contributed by atoms with Gasteiger partial charge in [-0.25, -0.2) is 4.99 Å². The number of para-hydroxylation sites is 1. The van der Waals surface area contributed by atoms with Crippen molar-refractivity contribution >= 4 is 29.0 Å². The van der Waals surface area contributed by atoms with Gasteiger partial charge in [0.25, 0.3) is 11.5 Å². The molecule has 5 rings (SSSR count). The van der Waals surface area contributed by atoms with Gasteiger partial charge in [-0.3, -0.25) is 18.8 Å². The molecule has 2 aromatic carbocycles. The summed E-state index contributed by atoms with van der Waals surface area (Å²) in [6.07, 6.45) is 3.50. The number of carbonyl (C=O) groups excluding carboxylic acids is 1. The molecular weight excluding hydrogens is 490 g/mol. The van der Waals surface area contributed by atoms with E-state index in [0.29, 0.717) is 31.9 Å². The minimum absolute atomic E-state index is 0.0401. The highest BCUT2D eigenvalue weighted by Crippen LogP contribution is 2.35. The van der Waals surface area contributed by atoms with Crippen LogP contribution >= 0.6 is 11.3 Å². The van der Waals surface area contributed by atoms with Crippen LogP contribution in [0.25, 0.3) is 6.08 Å². The number of phenolic OH excluding ortho intramolecular Hbond substituents is 1. The summed E-state index contributed by atoms with van der Waals surface area (Å²) in [4.78, 5) is 32.5. The van der Waals surface area contributed by atoms with Crippen molar-refractivity contribution in [3.05, 3.63) is 103 Å². The summed E-state index contributed by atoms with van der Waals surface area (Å²) in [7, 11) is 3.29. The number of ether oxygens (including phenoxy) is 1. The number of phenols is 1. The number of allylic oxidation sites excluding steroid dienone is 1. The lowest BCUT2D eigenvalue weighted by Crippen LogP contribution is -2.40. The Labute approximate surface area is 216 Å². The number of fused-ring (bicyclic) bond motifs is 1. The molecule has 0 saturated heterocycles. The Hall–Kier alpha value is -4.44. The molecule has 0 saturated carbocycles. The number of hydrogen-bond acceptors (Lipinski definition) is 7. The predicted molar refractivity (Wildman–Crippen MR) is 141 cm³/mol. The molecule has 1 aliphatic rings. The molecule has 1 amide bonds. The molecule has 9 nitrogen and oxygen atoms in total. The van der Waals surface area contributed by atoms with Crippen LogP contribution in [0.4, 0.5) is 5.69 Å². The maximum Gasteiger partial charge on any atom is 0.271 e. The molecule has 4 aromatic rings. The lowest BCUT2D eigenvalue weighted by molar-refractivity contribution is -0.113. The van der Waals surface area contributed by atoms with Crippen LogP contribution in [-0.4, -0.2) is 32.5 Å². The van der Waals surface area contributed by atoms with E-state index in [1.54, 1.807) is 48.1 Å². The van der Waals surface area contributed by atoms with Gasteiger partial charge in [-0.05, 0) is 49.8 Å². The predicted octanol–water partition coefficient (Wildman–Crippen LogP) is 2.63. The molecule has 0 unspecified atom stereocenters. The molecule has 1 aliphatic heterocycles. The Morgan fingerprint density at radius 1 is 1.19 bits per heavy atom. The molecule has 10 heteroatoms. The fraction of sp³-hybridized carbons (Fsp3) is 0.185. The largest absolute Gasteiger partial charge is 0.504 e. The maximum atomic E-state index is 13.8. The van der Waals surface area contributed by atoms with Gasteiger partial charge in [0, 0.05) is 24.0 Å². The number of benzene rings is 2. The number of anilines is 1. The first-order valence-corrected chi connectivity index (χ1v) is 12.3. The van der Waals surface area contributed by atoms with Crippen LogP contribution in [0.5, 0.6) is 11.5 Å². The summed E-state index contributed by atoms with van der Waals surface area (Å²) in [5.41, 5.74) is 3.52. The number of aryl methyl sites for hydroxylation is 1. The summed E-state index contributed by atoms with van der Waals surface area (Å²) < 4.78 is 9.07. The van der Waals surface area contributed by atoms with Crippen LogP contribution in [0.3, 0.4) is 0 Å². The van der Waals surface area contributed by atoms with Crippen molar-refractivity contribution in [2.75, 3.05) is 12.4 Å². The zero-order valence-corrected chi connectivity index (χ0v) is 21.5. The highest BCUT2D eigenvalue weighted by Gasteiger charge is 2.33. The molecule has 37 heavy (non-hydrogen) atoms. The average molecular weight is 516 g/mol. The minimum Gasteiger partial charge on any atom is -0.504 e. The highest BCUT2D eigenvalue weighted by atomic mass is 32.1. The third-order valence-electron chi connectivity index (χ3n) is 6.38. The Kier molecular flexibility index (Phi) is 6.26. The van der Waals surface area contributed by atoms with Crippen LogP contribution in [0.1, 0.15) is 29.8 Å². The van der Waals surface area contributed by atoms with Crippen molar-refractivity contribution < 1.29 is 14.6 Å². The third kappa shape index (κ3) is 4.36. The Balaban J connectivity index is 1.71. The van der Waals surface area contributed by atoms with Crippen LogP contribution in [0, 0.1) is 6.92 Å². The third-order valence-corrected chi connectivity index (χ3v) is 7.36. The van der Waals surface area contributed by atoms with Crippen LogP contribution in [0.15, 0.2) is 75.8 Å². The fourth-order valence-electron chi connectivity index (χ4n) is 4.31. The Morgan fingerprint density at radius 2 is 1.95 bits per heavy atom. The van der Waals surface area contributed by atoms with Gasteiger partial charge >= 0.3 is 0 Å². The lowest BCUT2D eigenvalue weighted by Gasteiger charge is -2.25. The van der Waals surface area contributed by atoms with E-state index in [-0.39, 0.29) is 23.0 Å². The molecule has 2 aromatic heterocycles. The second-order valence-corrected chi connectivity index (χ2v) is 9.65. The van der Waals surface area contributed by atoms with Gasteiger partial charge in [0.1, 0.15) is 0 Å². The molecule has 2 N–H and O–H groups in total. The van der Waals surface area contributed by atoms with Gasteiger partial charge in [-0.1, -0.05) is 35.6 Å². The van der Waals surface area contributed by atoms with E-state index < -0.39 is 6.04 Å². The zero-order chi connectivity index (χ0) is 26.3. The number of rotatable bonds is 5. The molecule has 0 fully saturated rings. The molecule has 188 valence electrons. The van der Waals surface area contributed by atoms with E-state index in [1.807, 2.05) is 32.2 Å². The number of carbonyl (C=O) groups is 1. The van der Waals surface area contributed by atoms with E-state index in [9.17, 15) is 14.7 Å².